The van der Waals surface area contributed by atoms with E-state index in [-0.39, 0.29) is 11.3 Å². The maximum Gasteiger partial charge on any atom is 0.275 e. The van der Waals surface area contributed by atoms with Crippen molar-refractivity contribution >= 4 is 21.8 Å². The van der Waals surface area contributed by atoms with Gasteiger partial charge in [-0.2, -0.15) is 0 Å². The van der Waals surface area contributed by atoms with Crippen molar-refractivity contribution < 1.29 is 9.32 Å². The summed E-state index contributed by atoms with van der Waals surface area (Å²) in [5.74, 6) is -0.0952. The van der Waals surface area contributed by atoms with Crippen molar-refractivity contribution in [2.24, 2.45) is 0 Å². The molecule has 3 rings (SSSR count). The molecule has 1 fully saturated rings. The highest BCUT2D eigenvalue weighted by molar-refractivity contribution is 9.10. The SMILES string of the molecule is CN(CC1(c2ccc(Br)cc2)CC1)C(=O)c1ccon1. The third-order valence-corrected chi connectivity index (χ3v) is 4.38. The van der Waals surface area contributed by atoms with Gasteiger partial charge in [0.25, 0.3) is 5.91 Å². The molecule has 2 aromatic rings. The van der Waals surface area contributed by atoms with Crippen LogP contribution in [0.3, 0.4) is 0 Å². The Morgan fingerprint density at radius 3 is 2.60 bits per heavy atom. The summed E-state index contributed by atoms with van der Waals surface area (Å²) in [4.78, 5) is 13.9. The summed E-state index contributed by atoms with van der Waals surface area (Å²) in [6, 6.07) is 9.96. The summed E-state index contributed by atoms with van der Waals surface area (Å²) in [5, 5.41) is 3.70. The Labute approximate surface area is 125 Å². The smallest absolute Gasteiger partial charge is 0.275 e. The van der Waals surface area contributed by atoms with E-state index in [2.05, 4.69) is 45.4 Å². The largest absolute Gasteiger partial charge is 0.364 e. The Balaban J connectivity index is 1.74. The zero-order chi connectivity index (χ0) is 14.2. The van der Waals surface area contributed by atoms with Crippen molar-refractivity contribution in [1.82, 2.24) is 10.1 Å². The summed E-state index contributed by atoms with van der Waals surface area (Å²) >= 11 is 3.45. The van der Waals surface area contributed by atoms with Crippen LogP contribution in [0, 0.1) is 0 Å². The number of hydrogen-bond donors (Lipinski definition) is 0. The van der Waals surface area contributed by atoms with Crippen LogP contribution in [0.5, 0.6) is 0 Å². The molecule has 0 bridgehead atoms. The van der Waals surface area contributed by atoms with E-state index in [1.54, 1.807) is 11.0 Å². The van der Waals surface area contributed by atoms with E-state index in [0.29, 0.717) is 12.2 Å². The van der Waals surface area contributed by atoms with Crippen molar-refractivity contribution in [2.75, 3.05) is 13.6 Å². The number of aromatic nitrogens is 1. The topological polar surface area (TPSA) is 46.3 Å². The Morgan fingerprint density at radius 2 is 2.05 bits per heavy atom. The molecule has 0 unspecified atom stereocenters. The molecule has 1 aromatic carbocycles. The molecule has 0 N–H and O–H groups in total. The monoisotopic (exact) mass is 334 g/mol. The second-order valence-electron chi connectivity index (χ2n) is 5.33. The first kappa shape index (κ1) is 13.4. The molecule has 5 heteroatoms. The molecule has 1 heterocycles. The first-order chi connectivity index (χ1) is 9.61. The van der Waals surface area contributed by atoms with Gasteiger partial charge in [0.15, 0.2) is 5.69 Å². The molecule has 4 nitrogen and oxygen atoms in total. The van der Waals surface area contributed by atoms with Gasteiger partial charge in [-0.3, -0.25) is 4.79 Å². The first-order valence-corrected chi connectivity index (χ1v) is 7.32. The molecule has 0 atom stereocenters. The van der Waals surface area contributed by atoms with E-state index in [1.807, 2.05) is 7.05 Å². The van der Waals surface area contributed by atoms with Gasteiger partial charge < -0.3 is 9.42 Å². The highest BCUT2D eigenvalue weighted by Gasteiger charge is 2.45. The van der Waals surface area contributed by atoms with Gasteiger partial charge in [-0.05, 0) is 30.5 Å². The lowest BCUT2D eigenvalue weighted by Gasteiger charge is -2.23. The molecule has 1 aliphatic carbocycles. The number of hydrogen-bond acceptors (Lipinski definition) is 3. The number of carbonyl (C=O) groups is 1. The summed E-state index contributed by atoms with van der Waals surface area (Å²) in [6.45, 7) is 0.709. The Hall–Kier alpha value is -1.62. The van der Waals surface area contributed by atoms with E-state index < -0.39 is 0 Å². The zero-order valence-electron chi connectivity index (χ0n) is 11.2. The predicted octanol–water partition coefficient (Wildman–Crippen LogP) is 3.24. The fraction of sp³-hybridized carbons (Fsp3) is 0.333. The standard InChI is InChI=1S/C15H15BrN2O2/c1-18(14(19)13-6-9-20-17-13)10-15(7-8-15)11-2-4-12(16)5-3-11/h2-6,9H,7-8,10H2,1H3. The minimum absolute atomic E-state index is 0.0952. The quantitative estimate of drug-likeness (QED) is 0.862. The molecule has 1 aliphatic rings. The van der Waals surface area contributed by atoms with Gasteiger partial charge in [0.05, 0.1) is 0 Å². The van der Waals surface area contributed by atoms with Crippen LogP contribution >= 0.6 is 15.9 Å². The minimum atomic E-state index is -0.0952. The second-order valence-corrected chi connectivity index (χ2v) is 6.25. The molecule has 0 saturated heterocycles. The van der Waals surface area contributed by atoms with Crippen LogP contribution in [0.15, 0.2) is 45.6 Å². The number of amides is 1. The van der Waals surface area contributed by atoms with Crippen molar-refractivity contribution in [3.63, 3.8) is 0 Å². The van der Waals surface area contributed by atoms with Crippen LogP contribution in [0.4, 0.5) is 0 Å². The normalized spacial score (nSPS) is 15.9. The van der Waals surface area contributed by atoms with Crippen molar-refractivity contribution in [3.05, 3.63) is 52.3 Å². The van der Waals surface area contributed by atoms with Crippen LogP contribution in [0.2, 0.25) is 0 Å². The van der Waals surface area contributed by atoms with Gasteiger partial charge in [0, 0.05) is 29.5 Å². The fourth-order valence-corrected chi connectivity index (χ4v) is 2.80. The van der Waals surface area contributed by atoms with Gasteiger partial charge in [0.1, 0.15) is 6.26 Å². The minimum Gasteiger partial charge on any atom is -0.364 e. The lowest BCUT2D eigenvalue weighted by molar-refractivity contribution is 0.0771. The third kappa shape index (κ3) is 2.50. The first-order valence-electron chi connectivity index (χ1n) is 6.53. The molecular formula is C15H15BrN2O2. The van der Waals surface area contributed by atoms with Gasteiger partial charge in [0.2, 0.25) is 0 Å². The van der Waals surface area contributed by atoms with E-state index in [4.69, 9.17) is 4.52 Å². The highest BCUT2D eigenvalue weighted by atomic mass is 79.9. The van der Waals surface area contributed by atoms with Crippen molar-refractivity contribution in [3.8, 4) is 0 Å². The van der Waals surface area contributed by atoms with Crippen LogP contribution in [0.1, 0.15) is 28.9 Å². The summed E-state index contributed by atoms with van der Waals surface area (Å²) in [6.07, 6.45) is 3.65. The maximum absolute atomic E-state index is 12.2. The van der Waals surface area contributed by atoms with Gasteiger partial charge in [-0.15, -0.1) is 0 Å². The maximum atomic E-state index is 12.2. The Bertz CT molecular complexity index is 603. The van der Waals surface area contributed by atoms with Crippen LogP contribution in [-0.4, -0.2) is 29.6 Å². The van der Waals surface area contributed by atoms with Crippen molar-refractivity contribution in [1.29, 1.82) is 0 Å². The highest BCUT2D eigenvalue weighted by Crippen LogP contribution is 2.48. The van der Waals surface area contributed by atoms with Crippen LogP contribution in [0.25, 0.3) is 0 Å². The van der Waals surface area contributed by atoms with Gasteiger partial charge in [-0.1, -0.05) is 33.2 Å². The van der Waals surface area contributed by atoms with Crippen molar-refractivity contribution in [2.45, 2.75) is 18.3 Å². The molecule has 1 saturated carbocycles. The molecule has 0 spiro atoms. The lowest BCUT2D eigenvalue weighted by atomic mass is 9.95. The Morgan fingerprint density at radius 1 is 1.35 bits per heavy atom. The average molecular weight is 335 g/mol. The molecular weight excluding hydrogens is 320 g/mol. The van der Waals surface area contributed by atoms with Gasteiger partial charge >= 0.3 is 0 Å². The summed E-state index contributed by atoms with van der Waals surface area (Å²) in [5.41, 5.74) is 1.76. The van der Waals surface area contributed by atoms with Gasteiger partial charge in [-0.25, -0.2) is 0 Å². The van der Waals surface area contributed by atoms with E-state index in [1.165, 1.54) is 11.8 Å². The zero-order valence-corrected chi connectivity index (χ0v) is 12.8. The number of nitrogens with zero attached hydrogens (tertiary/aromatic N) is 2. The summed E-state index contributed by atoms with van der Waals surface area (Å²) in [7, 11) is 1.82. The fourth-order valence-electron chi connectivity index (χ4n) is 2.54. The molecule has 104 valence electrons. The van der Waals surface area contributed by atoms with Crippen LogP contribution in [-0.2, 0) is 5.41 Å². The predicted molar refractivity (Wildman–Crippen MR) is 78.5 cm³/mol. The van der Waals surface area contributed by atoms with E-state index in [0.717, 1.165) is 17.3 Å². The number of likely N-dealkylation sites (N-methyl/N-ethyl adjacent to an activating group) is 1. The second kappa shape index (κ2) is 5.05. The molecule has 0 aliphatic heterocycles. The number of benzene rings is 1. The molecule has 0 radical (unpaired) electrons. The van der Waals surface area contributed by atoms with E-state index in [9.17, 15) is 4.79 Å². The number of halogens is 1. The molecule has 1 aromatic heterocycles. The van der Waals surface area contributed by atoms with E-state index >= 15 is 0 Å². The third-order valence-electron chi connectivity index (χ3n) is 3.85. The van der Waals surface area contributed by atoms with Crippen LogP contribution < -0.4 is 0 Å². The number of carbonyl (C=O) groups excluding carboxylic acids is 1. The molecule has 1 amide bonds. The Kier molecular flexibility index (Phi) is 3.38. The summed E-state index contributed by atoms with van der Waals surface area (Å²) < 4.78 is 5.80. The lowest BCUT2D eigenvalue weighted by Crippen LogP contribution is -2.34. The molecule has 20 heavy (non-hydrogen) atoms. The average Bonchev–Trinajstić information content (AvgIpc) is 3.02. The number of rotatable bonds is 4.